The third-order valence-corrected chi connectivity index (χ3v) is 15.0. The van der Waals surface area contributed by atoms with Crippen molar-refractivity contribution < 1.29 is 57.7 Å². The number of methoxy groups -OCH3 is 2. The Morgan fingerprint density at radius 3 is 2.07 bits per heavy atom. The number of carbonyl (C=O) groups excluding carboxylic acids is 8. The number of carboxylic acid groups (broad SMARTS) is 1. The topological polar surface area (TPSA) is 269 Å². The molecule has 2 aliphatic rings. The molecule has 1 aromatic carbocycles. The normalized spacial score (nSPS) is 17.8. The van der Waals surface area contributed by atoms with Gasteiger partial charge >= 0.3 is 5.97 Å². The summed E-state index contributed by atoms with van der Waals surface area (Å²) in [4.78, 5) is 127. The van der Waals surface area contributed by atoms with Gasteiger partial charge in [0, 0.05) is 82.9 Å². The number of nitrogens with zero attached hydrogens (tertiary/aromatic N) is 4. The lowest BCUT2D eigenvalue weighted by Crippen LogP contribution is -2.60. The van der Waals surface area contributed by atoms with Gasteiger partial charge in [-0.1, -0.05) is 79.5 Å². The SMILES string of the molecule is CC[C@H](C)[C@@H]([C@@H](CC(=O)N1CCC[C@H]1[C@H](OC)[C@@H](C)C(=O)N[C@@H](Cc1c[nH]c2ccccc12)C(=O)O)OC)N(C)C(=O)[C@@H](NC(=O)[C@H](C(C)C)N(C)CCCC(=O)NNC(=O)CCCCCN1C(=O)C=CC1=O)C(C)C. The summed E-state index contributed by atoms with van der Waals surface area (Å²) in [7, 11) is 6.44. The number of likely N-dealkylation sites (N-methyl/N-ethyl adjacent to an activating group) is 2. The molecule has 1 saturated heterocycles. The summed E-state index contributed by atoms with van der Waals surface area (Å²) < 4.78 is 12.0. The number of nitrogens with one attached hydrogen (secondary N) is 5. The van der Waals surface area contributed by atoms with Crippen molar-refractivity contribution in [3.63, 3.8) is 0 Å². The number of para-hydroxylation sites is 1. The van der Waals surface area contributed by atoms with Gasteiger partial charge in [0.2, 0.25) is 35.4 Å². The van der Waals surface area contributed by atoms with E-state index >= 15 is 0 Å². The number of benzene rings is 1. The van der Waals surface area contributed by atoms with Gasteiger partial charge in [-0.25, -0.2) is 4.79 Å². The molecule has 0 unspecified atom stereocenters. The molecule has 0 spiro atoms. The first kappa shape index (κ1) is 62.4. The lowest BCUT2D eigenvalue weighted by molar-refractivity contribution is -0.148. The van der Waals surface area contributed by atoms with E-state index in [1.54, 1.807) is 37.0 Å². The number of imide groups is 1. The fraction of sp³-hybridized carbons (Fsp3) is 0.655. The van der Waals surface area contributed by atoms with Crippen LogP contribution in [0.15, 0.2) is 42.6 Å². The summed E-state index contributed by atoms with van der Waals surface area (Å²) >= 11 is 0. The Morgan fingerprint density at radius 2 is 1.47 bits per heavy atom. The zero-order valence-corrected chi connectivity index (χ0v) is 46.5. The molecule has 9 atom stereocenters. The van der Waals surface area contributed by atoms with Crippen molar-refractivity contribution in [2.75, 3.05) is 47.9 Å². The van der Waals surface area contributed by atoms with Crippen LogP contribution in [0.3, 0.4) is 0 Å². The molecule has 2 aliphatic heterocycles. The zero-order chi connectivity index (χ0) is 56.4. The molecule has 0 bridgehead atoms. The Hall–Kier alpha value is -6.19. The minimum Gasteiger partial charge on any atom is -0.480 e. The van der Waals surface area contributed by atoms with Crippen molar-refractivity contribution in [2.24, 2.45) is 23.7 Å². The number of aromatic amines is 1. The summed E-state index contributed by atoms with van der Waals surface area (Å²) in [6.45, 7) is 14.2. The third-order valence-electron chi connectivity index (χ3n) is 15.0. The number of ether oxygens (including phenoxy) is 2. The lowest BCUT2D eigenvalue weighted by atomic mass is 9.89. The predicted octanol–water partition coefficient (Wildman–Crippen LogP) is 3.71. The molecular weight excluding hydrogens is 979 g/mol. The molecule has 8 amide bonds. The Labute approximate surface area is 447 Å². The number of aromatic nitrogens is 1. The van der Waals surface area contributed by atoms with Crippen molar-refractivity contribution in [3.8, 4) is 0 Å². The minimum absolute atomic E-state index is 0.0614. The summed E-state index contributed by atoms with van der Waals surface area (Å²) in [5.74, 6) is -5.54. The number of aliphatic carboxylic acids is 1. The highest BCUT2D eigenvalue weighted by Crippen LogP contribution is 2.30. The fourth-order valence-electron chi connectivity index (χ4n) is 10.6. The van der Waals surface area contributed by atoms with Crippen LogP contribution in [0, 0.1) is 23.7 Å². The standard InChI is InChI=1S/C55H85N9O12/c1-12-35(6)50(42(75-10)31-47(69)63-29-18-22-41(63)51(76-11)36(7)52(70)57-40(55(73)74)30-37-32-56-39-21-16-15-20-38(37)39)62(9)54(72)48(33(2)3)58-53(71)49(34(4)5)61(8)27-19-24-44(66)60-59-43(65)23-14-13-17-28-64-45(67)25-26-46(64)68/h15-16,20-21,25-26,32-36,40-42,48-51,56H,12-14,17-19,22-24,27-31H2,1-11H3,(H,57,70)(H,58,71)(H,59,65)(H,60,66)(H,73,74)/t35-,36+,40-,41-,42+,48-,49-,50-,51+/m0/s1. The van der Waals surface area contributed by atoms with E-state index in [1.165, 1.54) is 26.4 Å². The van der Waals surface area contributed by atoms with Gasteiger partial charge in [0.1, 0.15) is 12.1 Å². The van der Waals surface area contributed by atoms with E-state index in [0.717, 1.165) is 21.4 Å². The second kappa shape index (κ2) is 29.9. The van der Waals surface area contributed by atoms with Crippen LogP contribution in [-0.4, -0.2) is 173 Å². The Morgan fingerprint density at radius 1 is 0.829 bits per heavy atom. The highest BCUT2D eigenvalue weighted by molar-refractivity contribution is 6.12. The highest BCUT2D eigenvalue weighted by Gasteiger charge is 2.44. The summed E-state index contributed by atoms with van der Waals surface area (Å²) in [6.07, 6.45) is 6.84. The number of hydrogen-bond acceptors (Lipinski definition) is 12. The van der Waals surface area contributed by atoms with Crippen LogP contribution >= 0.6 is 0 Å². The third kappa shape index (κ3) is 16.9. The molecule has 2 aromatic rings. The maximum absolute atomic E-state index is 14.7. The molecule has 0 saturated carbocycles. The van der Waals surface area contributed by atoms with Gasteiger partial charge < -0.3 is 40.0 Å². The van der Waals surface area contributed by atoms with Gasteiger partial charge in [-0.05, 0) is 75.1 Å². The van der Waals surface area contributed by atoms with Crippen molar-refractivity contribution in [1.29, 1.82) is 0 Å². The number of likely N-dealkylation sites (tertiary alicyclic amines) is 1. The summed E-state index contributed by atoms with van der Waals surface area (Å²) in [6, 6.07) is 3.66. The van der Waals surface area contributed by atoms with Crippen LogP contribution in [0.4, 0.5) is 0 Å². The number of carbonyl (C=O) groups is 9. The van der Waals surface area contributed by atoms with Gasteiger partial charge in [-0.15, -0.1) is 0 Å². The molecule has 1 fully saturated rings. The summed E-state index contributed by atoms with van der Waals surface area (Å²) in [5, 5.41) is 16.8. The second-order valence-electron chi connectivity index (χ2n) is 21.1. The number of fused-ring (bicyclic) bond motifs is 1. The molecule has 21 heteroatoms. The molecule has 6 N–H and O–H groups in total. The molecule has 0 aliphatic carbocycles. The van der Waals surface area contributed by atoms with Crippen LogP contribution in [0.25, 0.3) is 10.9 Å². The van der Waals surface area contributed by atoms with Gasteiger partial charge in [-0.2, -0.15) is 0 Å². The average Bonchev–Trinajstić information content (AvgIpc) is 4.12. The number of amides is 8. The van der Waals surface area contributed by atoms with Crippen molar-refractivity contribution in [3.05, 3.63) is 48.2 Å². The van der Waals surface area contributed by atoms with Crippen LogP contribution in [-0.2, 0) is 59.0 Å². The predicted molar refractivity (Wildman–Crippen MR) is 286 cm³/mol. The number of hydrazine groups is 1. The lowest BCUT2D eigenvalue weighted by Gasteiger charge is -2.41. The molecule has 4 rings (SSSR count). The first-order valence-electron chi connectivity index (χ1n) is 26.9. The zero-order valence-electron chi connectivity index (χ0n) is 46.5. The quantitative estimate of drug-likeness (QED) is 0.0358. The van der Waals surface area contributed by atoms with E-state index in [0.29, 0.717) is 58.0 Å². The maximum Gasteiger partial charge on any atom is 0.326 e. The smallest absolute Gasteiger partial charge is 0.326 e. The van der Waals surface area contributed by atoms with Crippen LogP contribution in [0.5, 0.6) is 0 Å². The Bertz CT molecular complexity index is 2340. The number of carboxylic acids is 1. The van der Waals surface area contributed by atoms with Crippen LogP contribution < -0.4 is 21.5 Å². The molecule has 422 valence electrons. The van der Waals surface area contributed by atoms with E-state index in [9.17, 15) is 48.3 Å². The number of H-pyrrole nitrogens is 1. The maximum atomic E-state index is 14.7. The molecule has 0 radical (unpaired) electrons. The van der Waals surface area contributed by atoms with Crippen LogP contribution in [0.1, 0.15) is 118 Å². The Balaban J connectivity index is 1.33. The van der Waals surface area contributed by atoms with E-state index in [-0.39, 0.29) is 85.4 Å². The Kier molecular flexibility index (Phi) is 24.6. The molecule has 21 nitrogen and oxygen atoms in total. The van der Waals surface area contributed by atoms with Crippen molar-refractivity contribution in [2.45, 2.75) is 162 Å². The molecule has 3 heterocycles. The fourth-order valence-corrected chi connectivity index (χ4v) is 10.6. The van der Waals surface area contributed by atoms with E-state index in [1.807, 2.05) is 70.7 Å². The number of hydrogen-bond donors (Lipinski definition) is 6. The van der Waals surface area contributed by atoms with E-state index < -0.39 is 66.1 Å². The van der Waals surface area contributed by atoms with Gasteiger partial charge in [0.05, 0.1) is 42.7 Å². The average molecular weight is 1060 g/mol. The van der Waals surface area contributed by atoms with Crippen molar-refractivity contribution in [1.82, 2.24) is 46.1 Å². The van der Waals surface area contributed by atoms with Crippen molar-refractivity contribution >= 4 is 64.1 Å². The highest BCUT2D eigenvalue weighted by atomic mass is 16.5. The molecular formula is C55H85N9O12. The molecule has 1 aromatic heterocycles. The monoisotopic (exact) mass is 1060 g/mol. The van der Waals surface area contributed by atoms with Gasteiger partial charge in [0.15, 0.2) is 0 Å². The first-order chi connectivity index (χ1) is 36.1. The number of unbranched alkanes of at least 4 members (excludes halogenated alkanes) is 2. The van der Waals surface area contributed by atoms with E-state index in [4.69, 9.17) is 9.47 Å². The summed E-state index contributed by atoms with van der Waals surface area (Å²) in [5.41, 5.74) is 6.46. The van der Waals surface area contributed by atoms with Gasteiger partial charge in [-0.3, -0.25) is 59.0 Å². The minimum atomic E-state index is -1.21. The first-order valence-corrected chi connectivity index (χ1v) is 26.9. The molecule has 76 heavy (non-hydrogen) atoms. The largest absolute Gasteiger partial charge is 0.480 e. The second-order valence-corrected chi connectivity index (χ2v) is 21.1. The van der Waals surface area contributed by atoms with E-state index in [2.05, 4.69) is 26.5 Å². The van der Waals surface area contributed by atoms with Crippen LogP contribution in [0.2, 0.25) is 0 Å². The number of rotatable bonds is 31. The van der Waals surface area contributed by atoms with Gasteiger partial charge in [0.25, 0.3) is 11.8 Å².